The van der Waals surface area contributed by atoms with Gasteiger partial charge in [-0.05, 0) is 83.0 Å². The Morgan fingerprint density at radius 1 is 0.632 bits per heavy atom. The molecule has 57 heavy (non-hydrogen) atoms. The highest BCUT2D eigenvalue weighted by Gasteiger charge is 2.36. The minimum atomic E-state index is -0.470. The molecule has 1 aliphatic heterocycles. The van der Waals surface area contributed by atoms with E-state index < -0.39 is 12.0 Å². The Labute approximate surface area is 349 Å². The van der Waals surface area contributed by atoms with Gasteiger partial charge in [0.2, 0.25) is 0 Å². The van der Waals surface area contributed by atoms with Crippen LogP contribution in [-0.4, -0.2) is 67.9 Å². The quantitative estimate of drug-likeness (QED) is 0.0292. The van der Waals surface area contributed by atoms with E-state index in [0.29, 0.717) is 18.9 Å². The highest BCUT2D eigenvalue weighted by molar-refractivity contribution is 5.70. The molecule has 1 N–H and O–H groups in total. The van der Waals surface area contributed by atoms with Gasteiger partial charge >= 0.3 is 18.0 Å². The van der Waals surface area contributed by atoms with Crippen molar-refractivity contribution in [1.82, 2.24) is 10.2 Å². The van der Waals surface area contributed by atoms with Gasteiger partial charge in [0.25, 0.3) is 0 Å². The molecule has 0 spiro atoms. The fraction of sp³-hybridized carbons (Fsp3) is 0.776. The van der Waals surface area contributed by atoms with Crippen molar-refractivity contribution < 1.29 is 28.6 Å². The summed E-state index contributed by atoms with van der Waals surface area (Å²) in [5.74, 6) is -0.191. The van der Waals surface area contributed by atoms with E-state index in [4.69, 9.17) is 14.2 Å². The molecule has 2 aliphatic rings. The van der Waals surface area contributed by atoms with Gasteiger partial charge in [0.15, 0.2) is 0 Å². The van der Waals surface area contributed by atoms with Gasteiger partial charge in [-0.15, -0.1) is 0 Å². The summed E-state index contributed by atoms with van der Waals surface area (Å²) in [7, 11) is 0. The van der Waals surface area contributed by atoms with E-state index in [1.165, 1.54) is 77.0 Å². The van der Waals surface area contributed by atoms with Crippen LogP contribution in [0.3, 0.4) is 0 Å². The number of alkyl carbamates (subject to hydrolysis) is 1. The third kappa shape index (κ3) is 28.2. The summed E-state index contributed by atoms with van der Waals surface area (Å²) in [4.78, 5) is 40.2. The van der Waals surface area contributed by atoms with Crippen molar-refractivity contribution in [3.05, 3.63) is 48.6 Å². The molecule has 1 amide bonds. The van der Waals surface area contributed by atoms with Gasteiger partial charge in [0.05, 0.1) is 12.0 Å². The molecule has 0 bridgehead atoms. The van der Waals surface area contributed by atoms with E-state index in [2.05, 4.69) is 79.6 Å². The number of hydrogen-bond acceptors (Lipinski definition) is 7. The van der Waals surface area contributed by atoms with Crippen molar-refractivity contribution in [3.8, 4) is 0 Å². The molecular weight excluding hydrogens is 713 g/mol. The lowest BCUT2D eigenvalue weighted by molar-refractivity contribution is -0.150. The van der Waals surface area contributed by atoms with Crippen molar-refractivity contribution in [2.75, 3.05) is 32.9 Å². The topological polar surface area (TPSA) is 94.2 Å². The van der Waals surface area contributed by atoms with Crippen molar-refractivity contribution in [2.45, 2.75) is 200 Å². The minimum absolute atomic E-state index is 0.0281. The van der Waals surface area contributed by atoms with E-state index >= 15 is 0 Å². The summed E-state index contributed by atoms with van der Waals surface area (Å²) in [6.45, 7) is 8.61. The molecule has 1 aliphatic carbocycles. The number of nitrogens with one attached hydrogen (secondary N) is 1. The largest absolute Gasteiger partial charge is 0.465 e. The summed E-state index contributed by atoms with van der Waals surface area (Å²) < 4.78 is 16.7. The summed E-state index contributed by atoms with van der Waals surface area (Å²) in [6.07, 6.45) is 45.8. The van der Waals surface area contributed by atoms with Crippen LogP contribution in [0.1, 0.15) is 188 Å². The lowest BCUT2D eigenvalue weighted by atomic mass is 9.88. The number of hydrogen-bond donors (Lipinski definition) is 1. The smallest absolute Gasteiger partial charge is 0.407 e. The maximum Gasteiger partial charge on any atom is 0.407 e. The van der Waals surface area contributed by atoms with Crippen LogP contribution in [0, 0.1) is 11.8 Å². The molecule has 2 atom stereocenters. The Morgan fingerprint density at radius 2 is 1.16 bits per heavy atom. The first-order valence-electron chi connectivity index (χ1n) is 23.5. The summed E-state index contributed by atoms with van der Waals surface area (Å²) >= 11 is 0. The molecular formula is C49H84N2O6. The molecule has 1 heterocycles. The van der Waals surface area contributed by atoms with Gasteiger partial charge in [0.1, 0.15) is 19.8 Å². The minimum Gasteiger partial charge on any atom is -0.465 e. The van der Waals surface area contributed by atoms with Gasteiger partial charge in [0, 0.05) is 32.0 Å². The van der Waals surface area contributed by atoms with Crippen LogP contribution in [0.2, 0.25) is 0 Å². The molecule has 2 rings (SSSR count). The zero-order valence-electron chi connectivity index (χ0n) is 36.7. The van der Waals surface area contributed by atoms with E-state index in [9.17, 15) is 14.4 Å². The normalized spacial score (nSPS) is 16.3. The van der Waals surface area contributed by atoms with Crippen molar-refractivity contribution in [2.24, 2.45) is 11.8 Å². The molecule has 0 aromatic carbocycles. The monoisotopic (exact) mass is 797 g/mol. The van der Waals surface area contributed by atoms with Crippen LogP contribution >= 0.6 is 0 Å². The third-order valence-electron chi connectivity index (χ3n) is 11.3. The number of nitrogens with zero attached hydrogens (tertiary/aromatic N) is 1. The number of unbranched alkanes of at least 4 members (excludes halogenated alkanes) is 13. The molecule has 0 radical (unpaired) electrons. The lowest BCUT2D eigenvalue weighted by Crippen LogP contribution is -2.63. The number of rotatable bonds is 36. The van der Waals surface area contributed by atoms with Crippen LogP contribution in [0.4, 0.5) is 4.79 Å². The molecule has 8 heteroatoms. The van der Waals surface area contributed by atoms with Gasteiger partial charge in [-0.25, -0.2) is 4.79 Å². The van der Waals surface area contributed by atoms with E-state index in [0.717, 1.165) is 96.1 Å². The highest BCUT2D eigenvalue weighted by Crippen LogP contribution is 2.28. The van der Waals surface area contributed by atoms with E-state index in [1.54, 1.807) is 0 Å². The predicted octanol–water partition coefficient (Wildman–Crippen LogP) is 12.5. The average molecular weight is 797 g/mol. The van der Waals surface area contributed by atoms with Gasteiger partial charge in [-0.3, -0.25) is 14.5 Å². The second-order valence-corrected chi connectivity index (χ2v) is 16.8. The predicted molar refractivity (Wildman–Crippen MR) is 236 cm³/mol. The standard InChI is InChI=1S/C49H84N2O6/c1-4-6-8-10-12-13-14-15-16-17-18-19-20-25-29-36-47(52)55-40-44(42-57-49(54)50-45-38-51(39-45)46-34-31-35-46)41-56-48(53)37-30-26-22-21-24-28-33-43(3)32-27-23-11-9-7-5-2/h7,9,12-13,15-16,23,27,43-46H,4-6,8,10-11,14,17-22,24-26,28-42H2,1-3H3,(H,50,54)/b9-7-,13-12-,16-15-,27-23-. The van der Waals surface area contributed by atoms with Crippen LogP contribution < -0.4 is 5.32 Å². The zero-order chi connectivity index (χ0) is 41.0. The molecule has 8 nitrogen and oxygen atoms in total. The number of carbonyl (C=O) groups is 3. The van der Waals surface area contributed by atoms with Gasteiger partial charge in [-0.1, -0.05) is 146 Å². The number of allylic oxidation sites excluding steroid dienone is 8. The molecule has 0 aromatic heterocycles. The van der Waals surface area contributed by atoms with E-state index in [1.807, 2.05) is 0 Å². The van der Waals surface area contributed by atoms with Gasteiger partial charge < -0.3 is 19.5 Å². The number of amides is 1. The average Bonchev–Trinajstić information content (AvgIpc) is 3.16. The maximum absolute atomic E-state index is 12.6. The Balaban J connectivity index is 1.58. The lowest BCUT2D eigenvalue weighted by Gasteiger charge is -2.47. The second kappa shape index (κ2) is 35.1. The molecule has 1 saturated carbocycles. The number of likely N-dealkylation sites (tertiary alicyclic amines) is 1. The van der Waals surface area contributed by atoms with Crippen molar-refractivity contribution in [1.29, 1.82) is 0 Å². The molecule has 1 saturated heterocycles. The summed E-state index contributed by atoms with van der Waals surface area (Å²) in [5, 5.41) is 2.95. The van der Waals surface area contributed by atoms with Crippen LogP contribution in [0.15, 0.2) is 48.6 Å². The summed E-state index contributed by atoms with van der Waals surface area (Å²) in [5.41, 5.74) is 0. The highest BCUT2D eigenvalue weighted by atomic mass is 16.6. The molecule has 2 unspecified atom stereocenters. The van der Waals surface area contributed by atoms with E-state index in [-0.39, 0.29) is 37.8 Å². The zero-order valence-corrected chi connectivity index (χ0v) is 36.7. The summed E-state index contributed by atoms with van der Waals surface area (Å²) in [6, 6.07) is 0.775. The third-order valence-corrected chi connectivity index (χ3v) is 11.3. The molecule has 0 aromatic rings. The molecule has 2 fully saturated rings. The van der Waals surface area contributed by atoms with Crippen LogP contribution in [0.25, 0.3) is 0 Å². The second-order valence-electron chi connectivity index (χ2n) is 16.8. The first kappa shape index (κ1) is 50.3. The SMILES string of the molecule is CC/C=C\C/C=C\CC(C)CCCCCCCCC(=O)OCC(COC(=O)CCCCCCC/C=C\C/C=C\CCCCC)COC(=O)NC1CN(C2CCC2)C1. The maximum atomic E-state index is 12.6. The Kier molecular flexibility index (Phi) is 31.0. The van der Waals surface area contributed by atoms with Crippen molar-refractivity contribution in [3.63, 3.8) is 0 Å². The number of esters is 2. The Bertz CT molecular complexity index is 1140. The van der Waals surface area contributed by atoms with Crippen LogP contribution in [-0.2, 0) is 23.8 Å². The van der Waals surface area contributed by atoms with Crippen LogP contribution in [0.5, 0.6) is 0 Å². The van der Waals surface area contributed by atoms with Gasteiger partial charge in [-0.2, -0.15) is 0 Å². The Morgan fingerprint density at radius 3 is 1.74 bits per heavy atom. The first-order valence-corrected chi connectivity index (χ1v) is 23.5. The molecule has 326 valence electrons. The fourth-order valence-corrected chi connectivity index (χ4v) is 7.20. The van der Waals surface area contributed by atoms with Crippen molar-refractivity contribution >= 4 is 18.0 Å². The Hall–Kier alpha value is -2.87. The number of ether oxygens (including phenoxy) is 3. The fourth-order valence-electron chi connectivity index (χ4n) is 7.20. The number of carbonyl (C=O) groups excluding carboxylic acids is 3. The first-order chi connectivity index (χ1) is 27.9.